The smallest absolute Gasteiger partial charge is 0.271 e. The van der Waals surface area contributed by atoms with Gasteiger partial charge in [-0.25, -0.2) is 5.06 Å². The second-order valence-electron chi connectivity index (χ2n) is 3.57. The van der Waals surface area contributed by atoms with Crippen molar-refractivity contribution in [2.75, 3.05) is 13.2 Å². The highest BCUT2D eigenvalue weighted by atomic mass is 16.7. The zero-order chi connectivity index (χ0) is 9.10. The van der Waals surface area contributed by atoms with Crippen molar-refractivity contribution < 1.29 is 9.63 Å². The molecule has 1 heterocycles. The Labute approximate surface area is 78.3 Å². The normalized spacial score (nSPS) is 23.1. The van der Waals surface area contributed by atoms with Gasteiger partial charge < -0.3 is 0 Å². The Balaban J connectivity index is 1.98. The summed E-state index contributed by atoms with van der Waals surface area (Å²) in [5, 5.41) is 1.51. The summed E-state index contributed by atoms with van der Waals surface area (Å²) in [5.41, 5.74) is 0.952. The van der Waals surface area contributed by atoms with Gasteiger partial charge in [-0.15, -0.1) is 0 Å². The molecule has 1 aliphatic carbocycles. The van der Waals surface area contributed by atoms with Crippen LogP contribution in [-0.4, -0.2) is 24.1 Å². The van der Waals surface area contributed by atoms with Crippen LogP contribution >= 0.6 is 0 Å². The van der Waals surface area contributed by atoms with Crippen molar-refractivity contribution in [2.24, 2.45) is 0 Å². The first-order valence-electron chi connectivity index (χ1n) is 5.02. The molecule has 0 unspecified atom stereocenters. The number of hydrogen-bond acceptors (Lipinski definition) is 2. The number of allylic oxidation sites excluding steroid dienone is 1. The molecule has 0 spiro atoms. The SMILES string of the molecule is O=C(C1=CCCCC1)N1CCCO1. The maximum Gasteiger partial charge on any atom is 0.273 e. The van der Waals surface area contributed by atoms with E-state index in [0.29, 0.717) is 6.61 Å². The van der Waals surface area contributed by atoms with Crippen molar-refractivity contribution in [1.29, 1.82) is 0 Å². The van der Waals surface area contributed by atoms with E-state index in [1.165, 1.54) is 11.5 Å². The average Bonchev–Trinajstić information content (AvgIpc) is 2.71. The maximum absolute atomic E-state index is 11.7. The molecular weight excluding hydrogens is 166 g/mol. The lowest BCUT2D eigenvalue weighted by molar-refractivity contribution is -0.164. The molecule has 0 aromatic heterocycles. The second kappa shape index (κ2) is 3.92. The van der Waals surface area contributed by atoms with E-state index >= 15 is 0 Å². The topological polar surface area (TPSA) is 29.5 Å². The van der Waals surface area contributed by atoms with Gasteiger partial charge in [0.05, 0.1) is 13.2 Å². The van der Waals surface area contributed by atoms with E-state index in [1.807, 2.05) is 0 Å². The van der Waals surface area contributed by atoms with E-state index in [1.54, 1.807) is 0 Å². The second-order valence-corrected chi connectivity index (χ2v) is 3.57. The Hall–Kier alpha value is -0.830. The van der Waals surface area contributed by atoms with Gasteiger partial charge in [-0.1, -0.05) is 6.08 Å². The van der Waals surface area contributed by atoms with Gasteiger partial charge >= 0.3 is 0 Å². The summed E-state index contributed by atoms with van der Waals surface area (Å²) < 4.78 is 0. The summed E-state index contributed by atoms with van der Waals surface area (Å²) in [6.45, 7) is 1.45. The fourth-order valence-electron chi connectivity index (χ4n) is 1.80. The van der Waals surface area contributed by atoms with Gasteiger partial charge in [0.1, 0.15) is 0 Å². The Morgan fingerprint density at radius 3 is 2.92 bits per heavy atom. The van der Waals surface area contributed by atoms with Crippen molar-refractivity contribution in [3.8, 4) is 0 Å². The third-order valence-electron chi connectivity index (χ3n) is 2.54. The van der Waals surface area contributed by atoms with Gasteiger partial charge in [-0.3, -0.25) is 9.63 Å². The zero-order valence-electron chi connectivity index (χ0n) is 7.79. The van der Waals surface area contributed by atoms with Gasteiger partial charge in [-0.05, 0) is 32.1 Å². The monoisotopic (exact) mass is 181 g/mol. The highest BCUT2D eigenvalue weighted by Crippen LogP contribution is 2.20. The molecule has 1 saturated heterocycles. The molecule has 3 nitrogen and oxygen atoms in total. The molecule has 0 aromatic rings. The maximum atomic E-state index is 11.7. The highest BCUT2D eigenvalue weighted by molar-refractivity contribution is 5.92. The summed E-state index contributed by atoms with van der Waals surface area (Å²) in [6.07, 6.45) is 7.38. The van der Waals surface area contributed by atoms with Gasteiger partial charge in [0, 0.05) is 5.57 Å². The first-order chi connectivity index (χ1) is 6.38. The molecule has 1 fully saturated rings. The predicted octanol–water partition coefficient (Wildman–Crippen LogP) is 1.65. The molecule has 3 heteroatoms. The lowest BCUT2D eigenvalue weighted by atomic mass is 9.99. The van der Waals surface area contributed by atoms with E-state index < -0.39 is 0 Å². The van der Waals surface area contributed by atoms with Gasteiger partial charge in [0.15, 0.2) is 0 Å². The summed E-state index contributed by atoms with van der Waals surface area (Å²) >= 11 is 0. The predicted molar refractivity (Wildman–Crippen MR) is 48.8 cm³/mol. The van der Waals surface area contributed by atoms with Crippen LogP contribution in [0.25, 0.3) is 0 Å². The first-order valence-corrected chi connectivity index (χ1v) is 5.02. The Kier molecular flexibility index (Phi) is 2.64. The van der Waals surface area contributed by atoms with Crippen molar-refractivity contribution in [1.82, 2.24) is 5.06 Å². The van der Waals surface area contributed by atoms with Crippen LogP contribution in [0.5, 0.6) is 0 Å². The lowest BCUT2D eigenvalue weighted by Crippen LogP contribution is -2.28. The number of hydrogen-bond donors (Lipinski definition) is 0. The molecule has 0 N–H and O–H groups in total. The van der Waals surface area contributed by atoms with Crippen LogP contribution in [0.1, 0.15) is 32.1 Å². The Morgan fingerprint density at radius 1 is 1.38 bits per heavy atom. The van der Waals surface area contributed by atoms with Crippen LogP contribution < -0.4 is 0 Å². The molecule has 2 aliphatic rings. The van der Waals surface area contributed by atoms with Crippen molar-refractivity contribution in [2.45, 2.75) is 32.1 Å². The number of nitrogens with zero attached hydrogens (tertiary/aromatic N) is 1. The summed E-state index contributed by atoms with van der Waals surface area (Å²) in [5.74, 6) is 0.0946. The lowest BCUT2D eigenvalue weighted by Gasteiger charge is -2.18. The fourth-order valence-corrected chi connectivity index (χ4v) is 1.80. The average molecular weight is 181 g/mol. The van der Waals surface area contributed by atoms with Crippen LogP contribution in [0.3, 0.4) is 0 Å². The molecule has 0 saturated carbocycles. The Bertz CT molecular complexity index is 229. The molecule has 0 radical (unpaired) electrons. The number of amides is 1. The van der Waals surface area contributed by atoms with Crippen molar-refractivity contribution in [3.63, 3.8) is 0 Å². The summed E-state index contributed by atoms with van der Waals surface area (Å²) in [4.78, 5) is 16.9. The number of rotatable bonds is 1. The minimum atomic E-state index is 0.0946. The molecular formula is C10H15NO2. The molecule has 1 amide bonds. The van der Waals surface area contributed by atoms with Crippen LogP contribution in [0.4, 0.5) is 0 Å². The number of carbonyl (C=O) groups excluding carboxylic acids is 1. The number of hydroxylamine groups is 2. The Morgan fingerprint density at radius 2 is 2.31 bits per heavy atom. The minimum absolute atomic E-state index is 0.0946. The highest BCUT2D eigenvalue weighted by Gasteiger charge is 2.23. The van der Waals surface area contributed by atoms with E-state index in [9.17, 15) is 4.79 Å². The molecule has 0 bridgehead atoms. The van der Waals surface area contributed by atoms with Gasteiger partial charge in [-0.2, -0.15) is 0 Å². The largest absolute Gasteiger partial charge is 0.273 e. The van der Waals surface area contributed by atoms with Gasteiger partial charge in [0.2, 0.25) is 0 Å². The van der Waals surface area contributed by atoms with Crippen LogP contribution in [0, 0.1) is 0 Å². The molecule has 0 atom stereocenters. The van der Waals surface area contributed by atoms with Gasteiger partial charge in [0.25, 0.3) is 5.91 Å². The fraction of sp³-hybridized carbons (Fsp3) is 0.700. The first kappa shape index (κ1) is 8.75. The van der Waals surface area contributed by atoms with E-state index in [4.69, 9.17) is 4.84 Å². The van der Waals surface area contributed by atoms with E-state index in [-0.39, 0.29) is 5.91 Å². The van der Waals surface area contributed by atoms with Crippen molar-refractivity contribution in [3.05, 3.63) is 11.6 Å². The summed E-state index contributed by atoms with van der Waals surface area (Å²) in [7, 11) is 0. The zero-order valence-corrected chi connectivity index (χ0v) is 7.79. The molecule has 0 aromatic carbocycles. The standard InChI is InChI=1S/C10H15NO2/c12-10(11-7-4-8-13-11)9-5-2-1-3-6-9/h5H,1-4,6-8H2. The molecule has 2 rings (SSSR count). The van der Waals surface area contributed by atoms with Crippen LogP contribution in [-0.2, 0) is 9.63 Å². The van der Waals surface area contributed by atoms with E-state index in [0.717, 1.165) is 37.8 Å². The van der Waals surface area contributed by atoms with Crippen LogP contribution in [0.15, 0.2) is 11.6 Å². The van der Waals surface area contributed by atoms with E-state index in [2.05, 4.69) is 6.08 Å². The molecule has 1 aliphatic heterocycles. The third kappa shape index (κ3) is 1.91. The molecule has 13 heavy (non-hydrogen) atoms. The summed E-state index contributed by atoms with van der Waals surface area (Å²) in [6, 6.07) is 0. The van der Waals surface area contributed by atoms with Crippen molar-refractivity contribution >= 4 is 5.91 Å². The molecule has 72 valence electrons. The number of carbonyl (C=O) groups is 1. The van der Waals surface area contributed by atoms with Crippen LogP contribution in [0.2, 0.25) is 0 Å². The minimum Gasteiger partial charge on any atom is -0.271 e. The third-order valence-corrected chi connectivity index (χ3v) is 2.54. The quantitative estimate of drug-likeness (QED) is 0.615.